The van der Waals surface area contributed by atoms with Gasteiger partial charge in [-0.3, -0.25) is 0 Å². The van der Waals surface area contributed by atoms with Crippen molar-refractivity contribution in [3.8, 4) is 5.75 Å². The molecule has 2 nitrogen and oxygen atoms in total. The highest BCUT2D eigenvalue weighted by molar-refractivity contribution is 5.28. The molecule has 2 heteroatoms. The molecular formula is C17H29NO. The number of hydrogen-bond donors (Lipinski definition) is 1. The molecule has 0 fully saturated rings. The third-order valence-corrected chi connectivity index (χ3v) is 3.53. The molecule has 0 aliphatic carbocycles. The maximum absolute atomic E-state index is 5.71. The predicted octanol–water partition coefficient (Wildman–Crippen LogP) is 4.25. The molecule has 1 aromatic rings. The fourth-order valence-corrected chi connectivity index (χ4v) is 1.74. The fourth-order valence-electron chi connectivity index (χ4n) is 1.74. The molecule has 19 heavy (non-hydrogen) atoms. The van der Waals surface area contributed by atoms with E-state index < -0.39 is 0 Å². The van der Waals surface area contributed by atoms with Gasteiger partial charge in [-0.1, -0.05) is 39.8 Å². The summed E-state index contributed by atoms with van der Waals surface area (Å²) < 4.78 is 5.71. The Bertz CT molecular complexity index is 379. The summed E-state index contributed by atoms with van der Waals surface area (Å²) in [6, 6.07) is 8.33. The zero-order valence-electron chi connectivity index (χ0n) is 13.3. The molecule has 0 bridgehead atoms. The summed E-state index contributed by atoms with van der Waals surface area (Å²) in [7, 11) is 0. The summed E-state index contributed by atoms with van der Waals surface area (Å²) in [4.78, 5) is 0. The molecule has 0 saturated carbocycles. The van der Waals surface area contributed by atoms with Crippen LogP contribution in [-0.2, 0) is 6.54 Å². The molecule has 1 unspecified atom stereocenters. The maximum atomic E-state index is 5.71. The second-order valence-corrected chi connectivity index (χ2v) is 6.71. The third-order valence-electron chi connectivity index (χ3n) is 3.53. The smallest absolute Gasteiger partial charge is 0.120 e. The average Bonchev–Trinajstić information content (AvgIpc) is 2.27. The lowest BCUT2D eigenvalue weighted by molar-refractivity contribution is 0.241. The summed E-state index contributed by atoms with van der Waals surface area (Å²) in [6.07, 6.45) is 0.226. The first kappa shape index (κ1) is 16.0. The number of benzene rings is 1. The van der Waals surface area contributed by atoms with Crippen molar-refractivity contribution in [3.05, 3.63) is 29.8 Å². The Hall–Kier alpha value is -1.02. The topological polar surface area (TPSA) is 21.3 Å². The number of rotatable bonds is 6. The highest BCUT2D eigenvalue weighted by atomic mass is 16.5. The zero-order chi connectivity index (χ0) is 14.5. The lowest BCUT2D eigenvalue weighted by atomic mass is 9.82. The Morgan fingerprint density at radius 1 is 1.16 bits per heavy atom. The second-order valence-electron chi connectivity index (χ2n) is 6.71. The van der Waals surface area contributed by atoms with Gasteiger partial charge < -0.3 is 10.1 Å². The SMILES string of the molecule is CC(C)Oc1cccc(CNCC(C)C(C)(C)C)c1. The quantitative estimate of drug-likeness (QED) is 0.828. The van der Waals surface area contributed by atoms with Crippen molar-refractivity contribution >= 4 is 0 Å². The summed E-state index contributed by atoms with van der Waals surface area (Å²) in [5.74, 6) is 1.61. The fraction of sp³-hybridized carbons (Fsp3) is 0.647. The van der Waals surface area contributed by atoms with E-state index in [0.29, 0.717) is 11.3 Å². The van der Waals surface area contributed by atoms with Gasteiger partial charge in [-0.05, 0) is 49.4 Å². The molecule has 0 heterocycles. The first-order valence-corrected chi connectivity index (χ1v) is 7.25. The Morgan fingerprint density at radius 2 is 1.84 bits per heavy atom. The Labute approximate surface area is 118 Å². The van der Waals surface area contributed by atoms with Crippen molar-refractivity contribution in [2.45, 2.75) is 54.2 Å². The van der Waals surface area contributed by atoms with Gasteiger partial charge in [0.05, 0.1) is 6.10 Å². The van der Waals surface area contributed by atoms with Crippen LogP contribution in [0.4, 0.5) is 0 Å². The molecule has 108 valence electrons. The van der Waals surface area contributed by atoms with E-state index in [2.05, 4.69) is 65.1 Å². The van der Waals surface area contributed by atoms with Gasteiger partial charge in [0.25, 0.3) is 0 Å². The van der Waals surface area contributed by atoms with Crippen LogP contribution >= 0.6 is 0 Å². The van der Waals surface area contributed by atoms with Gasteiger partial charge >= 0.3 is 0 Å². The second kappa shape index (κ2) is 6.95. The molecule has 0 aliphatic rings. The highest BCUT2D eigenvalue weighted by Crippen LogP contribution is 2.24. The summed E-state index contributed by atoms with van der Waals surface area (Å²) >= 11 is 0. The minimum atomic E-state index is 0.226. The number of nitrogens with one attached hydrogen (secondary N) is 1. The van der Waals surface area contributed by atoms with E-state index in [0.717, 1.165) is 18.8 Å². The maximum Gasteiger partial charge on any atom is 0.120 e. The van der Waals surface area contributed by atoms with Crippen molar-refractivity contribution in [2.24, 2.45) is 11.3 Å². The van der Waals surface area contributed by atoms with Crippen LogP contribution in [0.1, 0.15) is 47.1 Å². The van der Waals surface area contributed by atoms with Crippen LogP contribution in [0.3, 0.4) is 0 Å². The van der Waals surface area contributed by atoms with E-state index in [1.165, 1.54) is 5.56 Å². The standard InChI is InChI=1S/C17H29NO/c1-13(2)19-16-9-7-8-15(10-16)12-18-11-14(3)17(4,5)6/h7-10,13-14,18H,11-12H2,1-6H3. The van der Waals surface area contributed by atoms with Crippen LogP contribution in [-0.4, -0.2) is 12.6 Å². The third kappa shape index (κ3) is 6.11. The molecule has 0 aliphatic heterocycles. The Morgan fingerprint density at radius 3 is 2.42 bits per heavy atom. The minimum Gasteiger partial charge on any atom is -0.491 e. The monoisotopic (exact) mass is 263 g/mol. The molecule has 0 spiro atoms. The summed E-state index contributed by atoms with van der Waals surface area (Å²) in [6.45, 7) is 15.2. The summed E-state index contributed by atoms with van der Waals surface area (Å²) in [5.41, 5.74) is 1.63. The first-order chi connectivity index (χ1) is 8.79. The van der Waals surface area contributed by atoms with Crippen LogP contribution in [0.15, 0.2) is 24.3 Å². The van der Waals surface area contributed by atoms with Crippen LogP contribution < -0.4 is 10.1 Å². The van der Waals surface area contributed by atoms with E-state index in [1.54, 1.807) is 0 Å². The highest BCUT2D eigenvalue weighted by Gasteiger charge is 2.19. The average molecular weight is 263 g/mol. The van der Waals surface area contributed by atoms with Crippen molar-refractivity contribution in [1.82, 2.24) is 5.32 Å². The van der Waals surface area contributed by atoms with Crippen molar-refractivity contribution in [2.75, 3.05) is 6.54 Å². The minimum absolute atomic E-state index is 0.226. The normalized spacial score (nSPS) is 13.6. The van der Waals surface area contributed by atoms with Crippen LogP contribution in [0.5, 0.6) is 5.75 Å². The molecule has 0 amide bonds. The van der Waals surface area contributed by atoms with Gasteiger partial charge in [-0.15, -0.1) is 0 Å². The lowest BCUT2D eigenvalue weighted by Crippen LogP contribution is -2.29. The summed E-state index contributed by atoms with van der Waals surface area (Å²) in [5, 5.41) is 3.53. The van der Waals surface area contributed by atoms with E-state index in [1.807, 2.05) is 6.07 Å². The Kier molecular flexibility index (Phi) is 5.86. The van der Waals surface area contributed by atoms with Crippen LogP contribution in [0, 0.1) is 11.3 Å². The van der Waals surface area contributed by atoms with E-state index in [-0.39, 0.29) is 6.10 Å². The largest absolute Gasteiger partial charge is 0.491 e. The van der Waals surface area contributed by atoms with Crippen molar-refractivity contribution < 1.29 is 4.74 Å². The molecule has 1 atom stereocenters. The molecule has 0 radical (unpaired) electrons. The molecule has 1 N–H and O–H groups in total. The van der Waals surface area contributed by atoms with Gasteiger partial charge in [0.15, 0.2) is 0 Å². The van der Waals surface area contributed by atoms with Gasteiger partial charge in [0.1, 0.15) is 5.75 Å². The number of hydrogen-bond acceptors (Lipinski definition) is 2. The first-order valence-electron chi connectivity index (χ1n) is 7.25. The lowest BCUT2D eigenvalue weighted by Gasteiger charge is -2.27. The molecule has 1 rings (SSSR count). The van der Waals surface area contributed by atoms with Gasteiger partial charge in [0.2, 0.25) is 0 Å². The van der Waals surface area contributed by atoms with E-state index in [9.17, 15) is 0 Å². The Balaban J connectivity index is 2.45. The van der Waals surface area contributed by atoms with Gasteiger partial charge in [-0.2, -0.15) is 0 Å². The van der Waals surface area contributed by atoms with Crippen molar-refractivity contribution in [3.63, 3.8) is 0 Å². The molecular weight excluding hydrogens is 234 g/mol. The molecule has 1 aromatic carbocycles. The van der Waals surface area contributed by atoms with Gasteiger partial charge in [0, 0.05) is 6.54 Å². The van der Waals surface area contributed by atoms with Crippen LogP contribution in [0.25, 0.3) is 0 Å². The van der Waals surface area contributed by atoms with E-state index in [4.69, 9.17) is 4.74 Å². The molecule has 0 aromatic heterocycles. The van der Waals surface area contributed by atoms with Crippen LogP contribution in [0.2, 0.25) is 0 Å². The number of ether oxygens (including phenoxy) is 1. The molecule has 0 saturated heterocycles. The van der Waals surface area contributed by atoms with E-state index >= 15 is 0 Å². The van der Waals surface area contributed by atoms with Gasteiger partial charge in [-0.25, -0.2) is 0 Å². The van der Waals surface area contributed by atoms with Crippen molar-refractivity contribution in [1.29, 1.82) is 0 Å². The predicted molar refractivity (Wildman–Crippen MR) is 82.5 cm³/mol. The zero-order valence-corrected chi connectivity index (χ0v) is 13.3.